The first kappa shape index (κ1) is 15.0. The van der Waals surface area contributed by atoms with E-state index in [2.05, 4.69) is 51.9 Å². The van der Waals surface area contributed by atoms with Crippen LogP contribution in [0.2, 0.25) is 0 Å². The molecule has 1 atom stereocenters. The summed E-state index contributed by atoms with van der Waals surface area (Å²) in [6.45, 7) is 14.1. The van der Waals surface area contributed by atoms with Crippen molar-refractivity contribution < 1.29 is 0 Å². The minimum Gasteiger partial charge on any atom is -0.315 e. The maximum absolute atomic E-state index is 3.63. The average molecular weight is 240 g/mol. The van der Waals surface area contributed by atoms with Gasteiger partial charge in [-0.3, -0.25) is 4.90 Å². The zero-order valence-corrected chi connectivity index (χ0v) is 12.8. The molecule has 0 bridgehead atoms. The normalized spacial score (nSPS) is 22.1. The number of likely N-dealkylation sites (N-methyl/N-ethyl adjacent to an activating group) is 2. The third-order valence-corrected chi connectivity index (χ3v) is 4.55. The molecule has 0 spiro atoms. The Hall–Kier alpha value is -0.0800. The second-order valence-corrected chi connectivity index (χ2v) is 6.57. The number of hydrogen-bond donors (Lipinski definition) is 1. The van der Waals surface area contributed by atoms with E-state index < -0.39 is 0 Å². The minimum atomic E-state index is 0.321. The summed E-state index contributed by atoms with van der Waals surface area (Å²) in [5.74, 6) is 0. The standard InChI is InChI=1S/C15H32N2/c1-7-17(8-2)15(11-9-10-12-15)13(16-6)14(3,4)5/h13,16H,7-12H2,1-6H3. The van der Waals surface area contributed by atoms with E-state index in [0.29, 0.717) is 17.0 Å². The summed E-state index contributed by atoms with van der Waals surface area (Å²) in [5.41, 5.74) is 0.707. The Morgan fingerprint density at radius 2 is 1.59 bits per heavy atom. The van der Waals surface area contributed by atoms with E-state index in [1.165, 1.54) is 38.8 Å². The second kappa shape index (κ2) is 5.71. The van der Waals surface area contributed by atoms with Crippen molar-refractivity contribution in [1.29, 1.82) is 0 Å². The fraction of sp³-hybridized carbons (Fsp3) is 1.00. The van der Waals surface area contributed by atoms with Gasteiger partial charge in [0.05, 0.1) is 0 Å². The highest BCUT2D eigenvalue weighted by Crippen LogP contribution is 2.43. The molecule has 0 aromatic heterocycles. The zero-order chi connectivity index (χ0) is 13.1. The summed E-state index contributed by atoms with van der Waals surface area (Å²) < 4.78 is 0. The molecular formula is C15H32N2. The summed E-state index contributed by atoms with van der Waals surface area (Å²) in [6.07, 6.45) is 5.50. The van der Waals surface area contributed by atoms with Crippen molar-refractivity contribution in [2.45, 2.75) is 71.9 Å². The van der Waals surface area contributed by atoms with Gasteiger partial charge >= 0.3 is 0 Å². The Morgan fingerprint density at radius 3 is 1.88 bits per heavy atom. The summed E-state index contributed by atoms with van der Waals surface area (Å²) in [7, 11) is 2.14. The predicted octanol–water partition coefficient (Wildman–Crippen LogP) is 3.28. The van der Waals surface area contributed by atoms with Crippen molar-refractivity contribution >= 4 is 0 Å². The summed E-state index contributed by atoms with van der Waals surface area (Å²) in [6, 6.07) is 0.581. The summed E-state index contributed by atoms with van der Waals surface area (Å²) in [5, 5.41) is 3.63. The summed E-state index contributed by atoms with van der Waals surface area (Å²) >= 11 is 0. The van der Waals surface area contributed by atoms with E-state index >= 15 is 0 Å². The van der Waals surface area contributed by atoms with Gasteiger partial charge in [0, 0.05) is 11.6 Å². The molecule has 1 aliphatic rings. The molecule has 2 heteroatoms. The zero-order valence-electron chi connectivity index (χ0n) is 12.8. The van der Waals surface area contributed by atoms with Crippen LogP contribution < -0.4 is 5.32 Å². The second-order valence-electron chi connectivity index (χ2n) is 6.57. The van der Waals surface area contributed by atoms with Gasteiger partial charge in [0.1, 0.15) is 0 Å². The van der Waals surface area contributed by atoms with E-state index in [-0.39, 0.29) is 0 Å². The number of nitrogens with one attached hydrogen (secondary N) is 1. The molecule has 17 heavy (non-hydrogen) atoms. The van der Waals surface area contributed by atoms with Gasteiger partial charge in [-0.2, -0.15) is 0 Å². The Morgan fingerprint density at radius 1 is 1.12 bits per heavy atom. The van der Waals surface area contributed by atoms with E-state index in [4.69, 9.17) is 0 Å². The van der Waals surface area contributed by atoms with Crippen LogP contribution in [-0.2, 0) is 0 Å². The Labute approximate surface area is 108 Å². The van der Waals surface area contributed by atoms with Crippen molar-refractivity contribution in [3.8, 4) is 0 Å². The third kappa shape index (κ3) is 2.85. The van der Waals surface area contributed by atoms with Crippen molar-refractivity contribution in [3.63, 3.8) is 0 Å². The smallest absolute Gasteiger partial charge is 0.0367 e. The van der Waals surface area contributed by atoms with Crippen LogP contribution in [-0.4, -0.2) is 36.6 Å². The highest BCUT2D eigenvalue weighted by molar-refractivity contribution is 5.06. The van der Waals surface area contributed by atoms with Crippen molar-refractivity contribution in [3.05, 3.63) is 0 Å². The van der Waals surface area contributed by atoms with Crippen LogP contribution in [0.5, 0.6) is 0 Å². The molecular weight excluding hydrogens is 208 g/mol. The Bertz CT molecular complexity index is 220. The molecule has 1 unspecified atom stereocenters. The van der Waals surface area contributed by atoms with Gasteiger partial charge in [-0.05, 0) is 38.4 Å². The van der Waals surface area contributed by atoms with Crippen LogP contribution >= 0.6 is 0 Å². The van der Waals surface area contributed by atoms with Gasteiger partial charge in [-0.15, -0.1) is 0 Å². The average Bonchev–Trinajstić information content (AvgIpc) is 2.68. The molecule has 102 valence electrons. The van der Waals surface area contributed by atoms with Crippen molar-refractivity contribution in [2.75, 3.05) is 20.1 Å². The highest BCUT2D eigenvalue weighted by atomic mass is 15.2. The topological polar surface area (TPSA) is 15.3 Å². The molecule has 0 amide bonds. The van der Waals surface area contributed by atoms with E-state index in [9.17, 15) is 0 Å². The van der Waals surface area contributed by atoms with Crippen molar-refractivity contribution in [2.24, 2.45) is 5.41 Å². The molecule has 1 saturated carbocycles. The van der Waals surface area contributed by atoms with Crippen LogP contribution in [0.1, 0.15) is 60.3 Å². The molecule has 1 aliphatic carbocycles. The Balaban J connectivity index is 3.05. The molecule has 2 nitrogen and oxygen atoms in total. The van der Waals surface area contributed by atoms with E-state index in [1.54, 1.807) is 0 Å². The first-order chi connectivity index (χ1) is 7.92. The number of nitrogens with zero attached hydrogens (tertiary/aromatic N) is 1. The largest absolute Gasteiger partial charge is 0.315 e. The Kier molecular flexibility index (Phi) is 5.03. The molecule has 0 heterocycles. The van der Waals surface area contributed by atoms with E-state index in [0.717, 1.165) is 0 Å². The highest BCUT2D eigenvalue weighted by Gasteiger charge is 2.48. The van der Waals surface area contributed by atoms with Crippen LogP contribution in [0.3, 0.4) is 0 Å². The van der Waals surface area contributed by atoms with Gasteiger partial charge < -0.3 is 5.32 Å². The van der Waals surface area contributed by atoms with Crippen molar-refractivity contribution in [1.82, 2.24) is 10.2 Å². The van der Waals surface area contributed by atoms with Crippen LogP contribution in [0.4, 0.5) is 0 Å². The lowest BCUT2D eigenvalue weighted by Gasteiger charge is -2.51. The quantitative estimate of drug-likeness (QED) is 0.793. The van der Waals surface area contributed by atoms with Gasteiger partial charge in [0.2, 0.25) is 0 Å². The van der Waals surface area contributed by atoms with Gasteiger partial charge in [0.25, 0.3) is 0 Å². The number of rotatable bonds is 5. The third-order valence-electron chi connectivity index (χ3n) is 4.55. The molecule has 0 radical (unpaired) electrons. The molecule has 1 fully saturated rings. The molecule has 0 aromatic rings. The molecule has 0 aromatic carbocycles. The van der Waals surface area contributed by atoms with Crippen LogP contribution in [0.15, 0.2) is 0 Å². The van der Waals surface area contributed by atoms with Crippen LogP contribution in [0, 0.1) is 5.41 Å². The maximum atomic E-state index is 3.63. The maximum Gasteiger partial charge on any atom is 0.0367 e. The lowest BCUT2D eigenvalue weighted by atomic mass is 9.72. The minimum absolute atomic E-state index is 0.321. The lowest BCUT2D eigenvalue weighted by molar-refractivity contribution is 0.0221. The lowest BCUT2D eigenvalue weighted by Crippen LogP contribution is -2.63. The molecule has 0 aliphatic heterocycles. The van der Waals surface area contributed by atoms with E-state index in [1.807, 2.05) is 0 Å². The monoisotopic (exact) mass is 240 g/mol. The van der Waals surface area contributed by atoms with Gasteiger partial charge in [-0.25, -0.2) is 0 Å². The molecule has 1 N–H and O–H groups in total. The summed E-state index contributed by atoms with van der Waals surface area (Å²) in [4.78, 5) is 2.70. The van der Waals surface area contributed by atoms with Gasteiger partial charge in [0.15, 0.2) is 0 Å². The first-order valence-corrected chi connectivity index (χ1v) is 7.34. The fourth-order valence-corrected chi connectivity index (χ4v) is 4.14. The molecule has 1 rings (SSSR count). The van der Waals surface area contributed by atoms with Gasteiger partial charge in [-0.1, -0.05) is 47.5 Å². The van der Waals surface area contributed by atoms with Crippen LogP contribution in [0.25, 0.3) is 0 Å². The first-order valence-electron chi connectivity index (χ1n) is 7.34. The number of hydrogen-bond acceptors (Lipinski definition) is 2. The molecule has 0 saturated heterocycles. The SMILES string of the molecule is CCN(CC)C1(C(NC)C(C)(C)C)CCCC1. The predicted molar refractivity (Wildman–Crippen MR) is 76.4 cm³/mol. The fourth-order valence-electron chi connectivity index (χ4n) is 4.14.